The summed E-state index contributed by atoms with van der Waals surface area (Å²) in [6.45, 7) is 13.2. The molecule has 0 saturated carbocycles. The van der Waals surface area contributed by atoms with Gasteiger partial charge in [0, 0.05) is 59.6 Å². The number of halogens is 6. The lowest BCUT2D eigenvalue weighted by Gasteiger charge is -2.33. The third-order valence-corrected chi connectivity index (χ3v) is 15.2. The van der Waals surface area contributed by atoms with Crippen molar-refractivity contribution in [1.29, 1.82) is 0 Å². The van der Waals surface area contributed by atoms with E-state index in [-0.39, 0.29) is 41.1 Å². The fraction of sp³-hybridized carbons (Fsp3) is 0.344. The topological polar surface area (TPSA) is 237 Å². The smallest absolute Gasteiger partial charge is 0.416 e. The van der Waals surface area contributed by atoms with E-state index in [1.807, 2.05) is 88.4 Å². The molecule has 1 amide bonds. The number of carboxylic acid groups (broad SMARTS) is 1. The second kappa shape index (κ2) is 28.6. The van der Waals surface area contributed by atoms with Crippen molar-refractivity contribution in [2.45, 2.75) is 116 Å². The van der Waals surface area contributed by atoms with Crippen molar-refractivity contribution in [3.05, 3.63) is 178 Å². The van der Waals surface area contributed by atoms with E-state index in [2.05, 4.69) is 46.3 Å². The molecule has 2 aliphatic rings. The van der Waals surface area contributed by atoms with Crippen LogP contribution in [0.4, 0.5) is 38.2 Å². The molecule has 2 saturated heterocycles. The van der Waals surface area contributed by atoms with Crippen LogP contribution in [0.25, 0.3) is 45.0 Å². The van der Waals surface area contributed by atoms with Crippen LogP contribution in [0.15, 0.2) is 134 Å². The van der Waals surface area contributed by atoms with Gasteiger partial charge < -0.3 is 36.2 Å². The lowest BCUT2D eigenvalue weighted by atomic mass is 9.87. The first-order valence-electron chi connectivity index (χ1n) is 28.5. The molecular formula is C64H68F6N12O5. The number of carboxylic acids is 1. The van der Waals surface area contributed by atoms with Crippen LogP contribution in [-0.2, 0) is 21.9 Å². The number of benzene rings is 4. The fourth-order valence-corrected chi connectivity index (χ4v) is 10.5. The maximum Gasteiger partial charge on any atom is 0.416 e. The maximum absolute atomic E-state index is 13.6. The first-order chi connectivity index (χ1) is 41.5. The third-order valence-electron chi connectivity index (χ3n) is 15.2. The highest BCUT2D eigenvalue weighted by Crippen LogP contribution is 2.42. The highest BCUT2D eigenvalue weighted by molar-refractivity contribution is 5.84. The predicted molar refractivity (Wildman–Crippen MR) is 318 cm³/mol. The Balaban J connectivity index is 0.000000208. The van der Waals surface area contributed by atoms with Crippen LogP contribution in [0, 0.1) is 13.8 Å². The normalized spacial score (nSPS) is 15.4. The minimum absolute atomic E-state index is 0.0302. The van der Waals surface area contributed by atoms with Crippen LogP contribution >= 0.6 is 0 Å². The monoisotopic (exact) mass is 1200 g/mol. The second-order valence-corrected chi connectivity index (χ2v) is 21.4. The zero-order valence-electron chi connectivity index (χ0n) is 48.8. The average molecular weight is 1200 g/mol. The summed E-state index contributed by atoms with van der Waals surface area (Å²) in [6, 6.07) is 33.4. The number of likely N-dealkylation sites (tertiary alicyclic amines) is 1. The number of piperidine rings is 2. The van der Waals surface area contributed by atoms with Crippen molar-refractivity contribution in [1.82, 2.24) is 50.5 Å². The van der Waals surface area contributed by atoms with Gasteiger partial charge in [0.05, 0.1) is 46.0 Å². The number of hydrogen-bond donors (Lipinski definition) is 6. The molecule has 0 spiro atoms. The molecule has 0 bridgehead atoms. The molecule has 2 unspecified atom stereocenters. The number of aromatic nitrogens is 8. The first kappa shape index (κ1) is 64.2. The van der Waals surface area contributed by atoms with E-state index in [1.165, 1.54) is 26.0 Å². The van der Waals surface area contributed by atoms with Crippen molar-refractivity contribution >= 4 is 23.8 Å². The Bertz CT molecular complexity index is 3620. The molecule has 17 nitrogen and oxygen atoms in total. The number of nitrogens with one attached hydrogen (secondary N) is 3. The summed E-state index contributed by atoms with van der Waals surface area (Å²) in [6.07, 6.45) is -4.95. The largest absolute Gasteiger partial charge is 0.479 e. The van der Waals surface area contributed by atoms with E-state index >= 15 is 0 Å². The van der Waals surface area contributed by atoms with E-state index in [0.29, 0.717) is 77.3 Å². The Kier molecular flexibility index (Phi) is 21.1. The van der Waals surface area contributed by atoms with Gasteiger partial charge in [0.2, 0.25) is 11.9 Å². The molecule has 2 aliphatic heterocycles. The Morgan fingerprint density at radius 2 is 0.966 bits per heavy atom. The first-order valence-corrected chi connectivity index (χ1v) is 28.5. The molecule has 23 heteroatoms. The van der Waals surface area contributed by atoms with Crippen LogP contribution in [-0.4, -0.2) is 111 Å². The van der Waals surface area contributed by atoms with Gasteiger partial charge in [-0.2, -0.15) is 36.5 Å². The number of anilines is 2. The number of rotatable bonds is 14. The van der Waals surface area contributed by atoms with E-state index in [0.717, 1.165) is 78.1 Å². The van der Waals surface area contributed by atoms with Crippen LogP contribution in [0.3, 0.4) is 0 Å². The van der Waals surface area contributed by atoms with Crippen LogP contribution in [0.1, 0.15) is 122 Å². The highest BCUT2D eigenvalue weighted by atomic mass is 19.4. The Morgan fingerprint density at radius 1 is 0.563 bits per heavy atom. The molecule has 2 fully saturated rings. The number of nitrogens with zero attached hydrogens (tertiary/aromatic N) is 9. The number of amides is 1. The van der Waals surface area contributed by atoms with Crippen LogP contribution in [0.2, 0.25) is 0 Å². The van der Waals surface area contributed by atoms with Crippen molar-refractivity contribution in [3.8, 4) is 45.0 Å². The van der Waals surface area contributed by atoms with E-state index < -0.39 is 41.7 Å². The Morgan fingerprint density at radius 3 is 1.34 bits per heavy atom. The summed E-state index contributed by atoms with van der Waals surface area (Å²) in [5, 5.41) is 53.6. The standard InChI is InChI=1S/C32H33F3N6O2.C29H29F3N6.C3H6O3/c1-19-27(26-12-15-36-31(38-26)37-20(2)22-8-5-4-6-9-22)29(24-10-7-11-25(18-24)32(33,34)35)40-39-28(19)23-13-16-41(17-14-23)30(43)21(3)42;1-18-25(24-13-16-34-28(36-24)35-19(2)20-7-4-3-5-8-20)27(22-9-6-10-23(17-22)29(30,31)32)38-37-26(18)21-11-14-33-15-12-21;1-2(4)3(5)6/h4-12,15,18,20-21,23,42H,13-14,16-17H2,1-3H3,(H,36,37,38);3-10,13,16-17,19,21,33H,11-12,14-15H2,1-2H3,(H,34,35,36);2,4H,1H3,(H,5,6)/t20?,21-;;2-/m1.1/s1. The van der Waals surface area contributed by atoms with Gasteiger partial charge in [0.25, 0.3) is 5.91 Å². The van der Waals surface area contributed by atoms with E-state index in [4.69, 9.17) is 20.2 Å². The van der Waals surface area contributed by atoms with E-state index in [1.54, 1.807) is 41.6 Å². The number of carbonyl (C=O) groups is 2. The SMILES string of the molecule is C[C@@H](O)C(=O)O.Cc1c(C2CCN(C(=O)[C@@H](C)O)CC2)nnc(-c2cccc(C(F)(F)F)c2)c1-c1ccnc(NC(C)c2ccccc2)n1.Cc1c(C2CCNCC2)nnc(-c2cccc(C(F)(F)F)c2)c1-c1ccnc(NC(C)c2ccccc2)n1. The Labute approximate surface area is 499 Å². The Hall–Kier alpha value is -8.80. The van der Waals surface area contributed by atoms with Gasteiger partial charge in [0.1, 0.15) is 23.6 Å². The highest BCUT2D eigenvalue weighted by Gasteiger charge is 2.34. The predicted octanol–water partition coefficient (Wildman–Crippen LogP) is 12.2. The lowest BCUT2D eigenvalue weighted by Crippen LogP contribution is -2.42. The van der Waals surface area contributed by atoms with Gasteiger partial charge in [-0.15, -0.1) is 10.2 Å². The summed E-state index contributed by atoms with van der Waals surface area (Å²) in [4.78, 5) is 41.7. The zero-order valence-corrected chi connectivity index (χ0v) is 48.8. The van der Waals surface area contributed by atoms with Gasteiger partial charge in [-0.25, -0.2) is 24.7 Å². The van der Waals surface area contributed by atoms with Gasteiger partial charge >= 0.3 is 18.3 Å². The zero-order chi connectivity index (χ0) is 62.6. The quantitative estimate of drug-likeness (QED) is 0.0555. The van der Waals surface area contributed by atoms with Gasteiger partial charge in [-0.1, -0.05) is 84.9 Å². The minimum atomic E-state index is -4.52. The summed E-state index contributed by atoms with van der Waals surface area (Å²) >= 11 is 0. The molecule has 10 rings (SSSR count). The third kappa shape index (κ3) is 16.4. The summed E-state index contributed by atoms with van der Waals surface area (Å²) in [7, 11) is 0. The molecule has 6 heterocycles. The summed E-state index contributed by atoms with van der Waals surface area (Å²) in [5.74, 6) is -0.518. The van der Waals surface area contributed by atoms with Gasteiger partial charge in [-0.05, 0) is 139 Å². The molecule has 0 radical (unpaired) electrons. The lowest BCUT2D eigenvalue weighted by molar-refractivity contribution is -0.145. The molecule has 456 valence electrons. The molecule has 8 aromatic rings. The van der Waals surface area contributed by atoms with Crippen molar-refractivity contribution in [2.24, 2.45) is 0 Å². The number of hydrogen-bond acceptors (Lipinski definition) is 15. The number of aliphatic carboxylic acids is 1. The van der Waals surface area contributed by atoms with Crippen molar-refractivity contribution in [2.75, 3.05) is 36.8 Å². The summed E-state index contributed by atoms with van der Waals surface area (Å²) < 4.78 is 81.5. The van der Waals surface area contributed by atoms with Crippen LogP contribution < -0.4 is 16.0 Å². The minimum Gasteiger partial charge on any atom is -0.479 e. The average Bonchev–Trinajstić information content (AvgIpc) is 1.52. The number of aliphatic hydroxyl groups is 2. The second-order valence-electron chi connectivity index (χ2n) is 21.4. The number of aliphatic hydroxyl groups excluding tert-OH is 2. The molecule has 4 aromatic carbocycles. The fourth-order valence-electron chi connectivity index (χ4n) is 10.5. The molecule has 87 heavy (non-hydrogen) atoms. The number of alkyl halides is 6. The van der Waals surface area contributed by atoms with Gasteiger partial charge in [-0.3, -0.25) is 4.79 Å². The summed E-state index contributed by atoms with van der Waals surface area (Å²) in [5.41, 5.74) is 7.42. The van der Waals surface area contributed by atoms with Gasteiger partial charge in [0.15, 0.2) is 0 Å². The maximum atomic E-state index is 13.6. The molecule has 4 atom stereocenters. The molecule has 6 N–H and O–H groups in total. The molecule has 4 aromatic heterocycles. The van der Waals surface area contributed by atoms with Crippen molar-refractivity contribution in [3.63, 3.8) is 0 Å². The van der Waals surface area contributed by atoms with Crippen LogP contribution in [0.5, 0.6) is 0 Å². The number of carbonyl (C=O) groups excluding carboxylic acids is 1. The molecule has 0 aliphatic carbocycles. The van der Waals surface area contributed by atoms with Crippen molar-refractivity contribution < 1.29 is 51.3 Å². The van der Waals surface area contributed by atoms with E-state index in [9.17, 15) is 41.0 Å². The molecular weight excluding hydrogens is 1130 g/mol.